The Hall–Kier alpha value is -3.01. The summed E-state index contributed by atoms with van der Waals surface area (Å²) in [5, 5.41) is 3.64. The van der Waals surface area contributed by atoms with Crippen LogP contribution in [0.25, 0.3) is 16.7 Å². The van der Waals surface area contributed by atoms with Gasteiger partial charge in [-0.05, 0) is 62.9 Å². The van der Waals surface area contributed by atoms with Gasteiger partial charge in [-0.3, -0.25) is 4.79 Å². The lowest BCUT2D eigenvalue weighted by Gasteiger charge is -2.38. The summed E-state index contributed by atoms with van der Waals surface area (Å²) in [4.78, 5) is 12.9. The molecule has 154 valence electrons. The molecule has 5 rings (SSSR count). The third-order valence-electron chi connectivity index (χ3n) is 6.23. The molecule has 4 heteroatoms. The van der Waals surface area contributed by atoms with Gasteiger partial charge >= 0.3 is 0 Å². The fourth-order valence-corrected chi connectivity index (χ4v) is 5.12. The Morgan fingerprint density at radius 1 is 1.17 bits per heavy atom. The van der Waals surface area contributed by atoms with Gasteiger partial charge in [0.1, 0.15) is 11.5 Å². The fraction of sp³-hybridized carbons (Fsp3) is 0.346. The smallest absolute Gasteiger partial charge is 0.162 e. The number of ketones is 1. The van der Waals surface area contributed by atoms with Crippen molar-refractivity contribution in [3.05, 3.63) is 59.2 Å². The zero-order chi connectivity index (χ0) is 21.0. The van der Waals surface area contributed by atoms with Gasteiger partial charge in [-0.15, -0.1) is 0 Å². The van der Waals surface area contributed by atoms with Gasteiger partial charge in [-0.1, -0.05) is 24.3 Å². The number of carbonyl (C=O) groups excluding carboxylic acids is 1. The van der Waals surface area contributed by atoms with Crippen LogP contribution in [0.3, 0.4) is 0 Å². The molecular weight excluding hydrogens is 374 g/mol. The van der Waals surface area contributed by atoms with Crippen LogP contribution < -0.4 is 14.8 Å². The van der Waals surface area contributed by atoms with Gasteiger partial charge in [-0.2, -0.15) is 0 Å². The average molecular weight is 402 g/mol. The van der Waals surface area contributed by atoms with Gasteiger partial charge in [0, 0.05) is 28.8 Å². The molecule has 1 unspecified atom stereocenters. The SMILES string of the molecule is COc1cccc2c1-c1ccc3c(c1C(C1=CCCCC1=O)O2)C(C)=CC(C)(C)N3. The molecule has 4 nitrogen and oxygen atoms in total. The maximum atomic E-state index is 12.9. The first-order valence-corrected chi connectivity index (χ1v) is 10.6. The molecule has 0 amide bonds. The maximum Gasteiger partial charge on any atom is 0.162 e. The molecule has 0 fully saturated rings. The summed E-state index contributed by atoms with van der Waals surface area (Å²) in [5.41, 5.74) is 7.14. The number of carbonyl (C=O) groups is 1. The summed E-state index contributed by atoms with van der Waals surface area (Å²) in [6.45, 7) is 6.48. The van der Waals surface area contributed by atoms with E-state index in [2.05, 4.69) is 50.4 Å². The Morgan fingerprint density at radius 3 is 2.77 bits per heavy atom. The predicted molar refractivity (Wildman–Crippen MR) is 120 cm³/mol. The Labute approximate surface area is 177 Å². The van der Waals surface area contributed by atoms with E-state index in [1.807, 2.05) is 18.2 Å². The molecule has 0 radical (unpaired) electrons. The Balaban J connectivity index is 1.82. The summed E-state index contributed by atoms with van der Waals surface area (Å²) >= 11 is 0. The van der Waals surface area contributed by atoms with E-state index >= 15 is 0 Å². The number of allylic oxidation sites excluding steroid dienone is 2. The molecule has 30 heavy (non-hydrogen) atoms. The van der Waals surface area contributed by atoms with Crippen LogP contribution in [0.4, 0.5) is 5.69 Å². The zero-order valence-electron chi connectivity index (χ0n) is 18.0. The second-order valence-corrected chi connectivity index (χ2v) is 8.93. The molecule has 1 N–H and O–H groups in total. The van der Waals surface area contributed by atoms with Gasteiger partial charge in [-0.25, -0.2) is 0 Å². The molecule has 2 heterocycles. The van der Waals surface area contributed by atoms with E-state index in [0.717, 1.165) is 57.9 Å². The number of anilines is 1. The van der Waals surface area contributed by atoms with Crippen molar-refractivity contribution in [3.8, 4) is 22.6 Å². The second kappa shape index (κ2) is 6.76. The van der Waals surface area contributed by atoms with Gasteiger partial charge in [0.2, 0.25) is 0 Å². The van der Waals surface area contributed by atoms with Crippen LogP contribution in [0.1, 0.15) is 57.3 Å². The van der Waals surface area contributed by atoms with E-state index in [-0.39, 0.29) is 11.3 Å². The van der Waals surface area contributed by atoms with Gasteiger partial charge in [0.05, 0.1) is 18.2 Å². The average Bonchev–Trinajstić information content (AvgIpc) is 2.71. The molecule has 0 saturated carbocycles. The van der Waals surface area contributed by atoms with Crippen molar-refractivity contribution >= 4 is 17.0 Å². The molecule has 0 spiro atoms. The molecular formula is C26H27NO3. The Bertz CT molecular complexity index is 1120. The highest BCUT2D eigenvalue weighted by Crippen LogP contribution is 2.53. The first-order chi connectivity index (χ1) is 14.4. The fourth-order valence-electron chi connectivity index (χ4n) is 5.12. The molecule has 2 aliphatic heterocycles. The largest absolute Gasteiger partial charge is 0.496 e. The summed E-state index contributed by atoms with van der Waals surface area (Å²) in [5.74, 6) is 1.73. The van der Waals surface area contributed by atoms with Crippen LogP contribution in [-0.4, -0.2) is 18.4 Å². The van der Waals surface area contributed by atoms with Gasteiger partial charge in [0.25, 0.3) is 0 Å². The number of methoxy groups -OCH3 is 1. The Kier molecular flexibility index (Phi) is 4.28. The van der Waals surface area contributed by atoms with Crippen molar-refractivity contribution in [3.63, 3.8) is 0 Å². The van der Waals surface area contributed by atoms with Crippen LogP contribution >= 0.6 is 0 Å². The normalized spacial score (nSPS) is 21.2. The molecule has 2 aromatic rings. The minimum Gasteiger partial charge on any atom is -0.496 e. The van der Waals surface area contributed by atoms with E-state index in [9.17, 15) is 4.79 Å². The van der Waals surface area contributed by atoms with Crippen LogP contribution in [-0.2, 0) is 4.79 Å². The van der Waals surface area contributed by atoms with Crippen molar-refractivity contribution in [1.29, 1.82) is 0 Å². The lowest BCUT2D eigenvalue weighted by molar-refractivity contribution is -0.116. The number of nitrogens with one attached hydrogen (secondary N) is 1. The van der Waals surface area contributed by atoms with Crippen LogP contribution in [0.5, 0.6) is 11.5 Å². The summed E-state index contributed by atoms with van der Waals surface area (Å²) in [7, 11) is 1.68. The van der Waals surface area contributed by atoms with Crippen molar-refractivity contribution in [2.24, 2.45) is 0 Å². The summed E-state index contributed by atoms with van der Waals surface area (Å²) in [6.07, 6.45) is 6.32. The van der Waals surface area contributed by atoms with Crippen molar-refractivity contribution < 1.29 is 14.3 Å². The van der Waals surface area contributed by atoms with E-state index in [4.69, 9.17) is 9.47 Å². The standard InChI is InChI=1S/C26H27NO3/c1-15-14-26(2,3)27-18-13-12-17-23-20(29-4)10-7-11-21(23)30-25(24(17)22(15)18)16-8-5-6-9-19(16)28/h7-8,10-14,25,27H,5-6,9H2,1-4H3. The minimum atomic E-state index is -0.409. The second-order valence-electron chi connectivity index (χ2n) is 8.93. The molecule has 1 aliphatic carbocycles. The molecule has 0 bridgehead atoms. The predicted octanol–water partition coefficient (Wildman–Crippen LogP) is 6.08. The Morgan fingerprint density at radius 2 is 2.00 bits per heavy atom. The number of benzene rings is 2. The van der Waals surface area contributed by atoms with E-state index in [1.54, 1.807) is 7.11 Å². The number of Topliss-reactive ketones (excluding diaryl/α,β-unsaturated/α-hetero) is 1. The van der Waals surface area contributed by atoms with Crippen LogP contribution in [0.2, 0.25) is 0 Å². The molecule has 0 aromatic heterocycles. The third-order valence-corrected chi connectivity index (χ3v) is 6.23. The van der Waals surface area contributed by atoms with Gasteiger partial charge < -0.3 is 14.8 Å². The first kappa shape index (κ1) is 19.0. The highest BCUT2D eigenvalue weighted by atomic mass is 16.5. The highest BCUT2D eigenvalue weighted by Gasteiger charge is 2.38. The molecule has 3 aliphatic rings. The molecule has 0 saturated heterocycles. The van der Waals surface area contributed by atoms with E-state index < -0.39 is 6.10 Å². The third kappa shape index (κ3) is 2.85. The lowest BCUT2D eigenvalue weighted by Crippen LogP contribution is -2.33. The van der Waals surface area contributed by atoms with Gasteiger partial charge in [0.15, 0.2) is 11.9 Å². The van der Waals surface area contributed by atoms with Crippen molar-refractivity contribution in [1.82, 2.24) is 0 Å². The van der Waals surface area contributed by atoms with Crippen molar-refractivity contribution in [2.45, 2.75) is 51.7 Å². The lowest BCUT2D eigenvalue weighted by atomic mass is 9.78. The maximum absolute atomic E-state index is 12.9. The van der Waals surface area contributed by atoms with Crippen LogP contribution in [0, 0.1) is 0 Å². The number of ether oxygens (including phenoxy) is 2. The van der Waals surface area contributed by atoms with Crippen LogP contribution in [0.15, 0.2) is 48.1 Å². The number of hydrogen-bond donors (Lipinski definition) is 1. The number of hydrogen-bond acceptors (Lipinski definition) is 4. The zero-order valence-corrected chi connectivity index (χ0v) is 18.0. The van der Waals surface area contributed by atoms with E-state index in [1.165, 1.54) is 5.57 Å². The molecule has 1 atom stereocenters. The summed E-state index contributed by atoms with van der Waals surface area (Å²) in [6, 6.07) is 10.1. The summed E-state index contributed by atoms with van der Waals surface area (Å²) < 4.78 is 12.2. The quantitative estimate of drug-likeness (QED) is 0.662. The number of rotatable bonds is 2. The monoisotopic (exact) mass is 401 g/mol. The van der Waals surface area contributed by atoms with E-state index in [0.29, 0.717) is 6.42 Å². The molecule has 2 aromatic carbocycles. The van der Waals surface area contributed by atoms with Crippen molar-refractivity contribution in [2.75, 3.05) is 12.4 Å². The number of fused-ring (bicyclic) bond motifs is 5. The minimum absolute atomic E-state index is 0.133. The topological polar surface area (TPSA) is 47.6 Å². The first-order valence-electron chi connectivity index (χ1n) is 10.6. The highest BCUT2D eigenvalue weighted by molar-refractivity contribution is 6.00.